The lowest BCUT2D eigenvalue weighted by Gasteiger charge is -2.16. The number of ether oxygens (including phenoxy) is 1. The second kappa shape index (κ2) is 4.89. The van der Waals surface area contributed by atoms with Crippen molar-refractivity contribution in [1.82, 2.24) is 0 Å². The Labute approximate surface area is 93.4 Å². The zero-order chi connectivity index (χ0) is 11.5. The smallest absolute Gasteiger partial charge is 0.159 e. The first-order valence-corrected chi connectivity index (χ1v) is 5.48. The second-order valence-corrected chi connectivity index (χ2v) is 4.19. The van der Waals surface area contributed by atoms with Crippen molar-refractivity contribution >= 4 is 0 Å². The van der Waals surface area contributed by atoms with Gasteiger partial charge in [-0.1, -0.05) is 6.07 Å². The van der Waals surface area contributed by atoms with Crippen LogP contribution in [0.1, 0.15) is 24.8 Å². The summed E-state index contributed by atoms with van der Waals surface area (Å²) in [7, 11) is 0. The topological polar surface area (TPSA) is 35.2 Å². The number of hydrogen-bond acceptors (Lipinski definition) is 2. The van der Waals surface area contributed by atoms with Crippen LogP contribution >= 0.6 is 0 Å². The van der Waals surface area contributed by atoms with Crippen molar-refractivity contribution in [2.45, 2.75) is 38.0 Å². The predicted molar refractivity (Wildman–Crippen MR) is 56.8 cm³/mol. The molecule has 0 spiro atoms. The molecule has 0 radical (unpaired) electrons. The van der Waals surface area contributed by atoms with Gasteiger partial charge in [-0.05, 0) is 37.0 Å². The minimum Gasteiger partial charge on any atom is -0.372 e. The summed E-state index contributed by atoms with van der Waals surface area (Å²) in [6.07, 6.45) is 3.05. The Hall–Kier alpha value is -1.00. The van der Waals surface area contributed by atoms with Gasteiger partial charge in [-0.2, -0.15) is 0 Å². The van der Waals surface area contributed by atoms with E-state index in [0.29, 0.717) is 5.56 Å². The molecule has 0 aliphatic heterocycles. The van der Waals surface area contributed by atoms with E-state index >= 15 is 0 Å². The predicted octanol–water partition coefficient (Wildman–Crippen LogP) is 2.36. The van der Waals surface area contributed by atoms with E-state index in [1.807, 2.05) is 0 Å². The third kappa shape index (κ3) is 2.57. The van der Waals surface area contributed by atoms with Crippen molar-refractivity contribution in [1.29, 1.82) is 0 Å². The lowest BCUT2D eigenvalue weighted by atomic mass is 10.2. The van der Waals surface area contributed by atoms with E-state index in [1.54, 1.807) is 0 Å². The molecule has 2 N–H and O–H groups in total. The maximum atomic E-state index is 12.9. The summed E-state index contributed by atoms with van der Waals surface area (Å²) in [4.78, 5) is 0. The van der Waals surface area contributed by atoms with E-state index in [2.05, 4.69) is 0 Å². The Morgan fingerprint density at radius 3 is 2.69 bits per heavy atom. The van der Waals surface area contributed by atoms with Gasteiger partial charge in [0.05, 0.1) is 12.7 Å². The van der Waals surface area contributed by atoms with Crippen LogP contribution in [0.15, 0.2) is 18.2 Å². The number of benzene rings is 1. The van der Waals surface area contributed by atoms with E-state index in [1.165, 1.54) is 6.07 Å². The Bertz CT molecular complexity index is 370. The van der Waals surface area contributed by atoms with Crippen molar-refractivity contribution in [3.8, 4) is 0 Å². The Morgan fingerprint density at radius 1 is 1.25 bits per heavy atom. The van der Waals surface area contributed by atoms with Crippen LogP contribution in [0.4, 0.5) is 8.78 Å². The summed E-state index contributed by atoms with van der Waals surface area (Å²) in [6.45, 7) is 0.287. The molecule has 88 valence electrons. The first kappa shape index (κ1) is 11.5. The number of rotatable bonds is 3. The number of hydrogen-bond donors (Lipinski definition) is 1. The first-order chi connectivity index (χ1) is 7.66. The first-order valence-electron chi connectivity index (χ1n) is 5.48. The Kier molecular flexibility index (Phi) is 3.51. The fourth-order valence-corrected chi connectivity index (χ4v) is 1.99. The van der Waals surface area contributed by atoms with Crippen molar-refractivity contribution < 1.29 is 13.5 Å². The Balaban J connectivity index is 1.91. The van der Waals surface area contributed by atoms with Crippen LogP contribution in [0.2, 0.25) is 0 Å². The monoisotopic (exact) mass is 227 g/mol. The summed E-state index contributed by atoms with van der Waals surface area (Å²) in [6, 6.07) is 3.88. The van der Waals surface area contributed by atoms with E-state index in [-0.39, 0.29) is 18.8 Å². The van der Waals surface area contributed by atoms with Gasteiger partial charge in [0.1, 0.15) is 0 Å². The van der Waals surface area contributed by atoms with Crippen LogP contribution in [0.25, 0.3) is 0 Å². The lowest BCUT2D eigenvalue weighted by molar-refractivity contribution is 0.0356. The van der Waals surface area contributed by atoms with E-state index in [4.69, 9.17) is 10.5 Å². The maximum absolute atomic E-state index is 12.9. The highest BCUT2D eigenvalue weighted by Gasteiger charge is 2.24. The van der Waals surface area contributed by atoms with Gasteiger partial charge in [0, 0.05) is 6.04 Å². The molecule has 16 heavy (non-hydrogen) atoms. The molecule has 2 atom stereocenters. The Morgan fingerprint density at radius 2 is 2.06 bits per heavy atom. The van der Waals surface area contributed by atoms with E-state index in [9.17, 15) is 8.78 Å². The van der Waals surface area contributed by atoms with Crippen LogP contribution in [-0.2, 0) is 11.3 Å². The highest BCUT2D eigenvalue weighted by molar-refractivity contribution is 5.16. The van der Waals surface area contributed by atoms with Gasteiger partial charge < -0.3 is 10.5 Å². The fourth-order valence-electron chi connectivity index (χ4n) is 1.99. The molecule has 0 amide bonds. The van der Waals surface area contributed by atoms with E-state index < -0.39 is 11.6 Å². The van der Waals surface area contributed by atoms with Gasteiger partial charge in [0.2, 0.25) is 0 Å². The molecule has 0 heterocycles. The largest absolute Gasteiger partial charge is 0.372 e. The SMILES string of the molecule is NC1CCCC1OCc1ccc(F)c(F)c1. The molecule has 0 bridgehead atoms. The summed E-state index contributed by atoms with van der Waals surface area (Å²) >= 11 is 0. The maximum Gasteiger partial charge on any atom is 0.159 e. The molecule has 2 rings (SSSR count). The molecule has 1 aliphatic carbocycles. The molecule has 4 heteroatoms. The molecule has 0 saturated heterocycles. The molecule has 1 fully saturated rings. The molecule has 1 aliphatic rings. The average molecular weight is 227 g/mol. The van der Waals surface area contributed by atoms with E-state index in [0.717, 1.165) is 31.4 Å². The van der Waals surface area contributed by atoms with Crippen molar-refractivity contribution in [2.24, 2.45) is 5.73 Å². The molecule has 2 nitrogen and oxygen atoms in total. The minimum absolute atomic E-state index is 0.0492. The van der Waals surface area contributed by atoms with Crippen LogP contribution in [-0.4, -0.2) is 12.1 Å². The molecule has 2 unspecified atom stereocenters. The molecule has 1 aromatic rings. The van der Waals surface area contributed by atoms with Crippen molar-refractivity contribution in [3.05, 3.63) is 35.4 Å². The molecule has 0 aromatic heterocycles. The van der Waals surface area contributed by atoms with Gasteiger partial charge in [0.25, 0.3) is 0 Å². The normalized spacial score (nSPS) is 24.9. The van der Waals surface area contributed by atoms with Gasteiger partial charge >= 0.3 is 0 Å². The summed E-state index contributed by atoms with van der Waals surface area (Å²) in [5, 5.41) is 0. The lowest BCUT2D eigenvalue weighted by Crippen LogP contribution is -2.31. The van der Waals surface area contributed by atoms with Crippen molar-refractivity contribution in [2.75, 3.05) is 0 Å². The minimum atomic E-state index is -0.836. The summed E-state index contributed by atoms with van der Waals surface area (Å²) in [5.41, 5.74) is 6.48. The third-order valence-corrected chi connectivity index (χ3v) is 2.95. The summed E-state index contributed by atoms with van der Waals surface area (Å²) < 4.78 is 31.1. The average Bonchev–Trinajstić information content (AvgIpc) is 2.66. The molecular formula is C12H15F2NO. The van der Waals surface area contributed by atoms with Crippen molar-refractivity contribution in [3.63, 3.8) is 0 Å². The van der Waals surface area contributed by atoms with Gasteiger partial charge in [0.15, 0.2) is 11.6 Å². The highest BCUT2D eigenvalue weighted by Crippen LogP contribution is 2.21. The zero-order valence-electron chi connectivity index (χ0n) is 8.96. The van der Waals surface area contributed by atoms with Gasteiger partial charge in [-0.15, -0.1) is 0 Å². The van der Waals surface area contributed by atoms with Crippen LogP contribution < -0.4 is 5.73 Å². The van der Waals surface area contributed by atoms with Crippen LogP contribution in [0.3, 0.4) is 0 Å². The van der Waals surface area contributed by atoms with Crippen LogP contribution in [0, 0.1) is 11.6 Å². The van der Waals surface area contributed by atoms with Crippen LogP contribution in [0.5, 0.6) is 0 Å². The number of halogens is 2. The van der Waals surface area contributed by atoms with Gasteiger partial charge in [-0.25, -0.2) is 8.78 Å². The quantitative estimate of drug-likeness (QED) is 0.860. The fraction of sp³-hybridized carbons (Fsp3) is 0.500. The molecular weight excluding hydrogens is 212 g/mol. The third-order valence-electron chi connectivity index (χ3n) is 2.95. The molecule has 1 aromatic carbocycles. The zero-order valence-corrected chi connectivity index (χ0v) is 8.96. The second-order valence-electron chi connectivity index (χ2n) is 4.19. The molecule has 1 saturated carbocycles. The number of nitrogens with two attached hydrogens (primary N) is 1. The van der Waals surface area contributed by atoms with Gasteiger partial charge in [-0.3, -0.25) is 0 Å². The summed E-state index contributed by atoms with van der Waals surface area (Å²) in [5.74, 6) is -1.67. The highest BCUT2D eigenvalue weighted by atomic mass is 19.2. The standard InChI is InChI=1S/C12H15F2NO/c13-9-5-4-8(6-10(9)14)7-16-12-3-1-2-11(12)15/h4-6,11-12H,1-3,7,15H2.